The van der Waals surface area contributed by atoms with E-state index in [1.807, 2.05) is 36.4 Å². The average Bonchev–Trinajstić information content (AvgIpc) is 2.91. The molecule has 0 bridgehead atoms. The summed E-state index contributed by atoms with van der Waals surface area (Å²) in [6.45, 7) is 0. The number of rotatable bonds is 2. The molecule has 18 heavy (non-hydrogen) atoms. The molecule has 0 atom stereocenters. The van der Waals surface area contributed by atoms with E-state index in [0.29, 0.717) is 5.56 Å². The zero-order valence-corrected chi connectivity index (χ0v) is 9.58. The van der Waals surface area contributed by atoms with Gasteiger partial charge < -0.3 is 0 Å². The van der Waals surface area contributed by atoms with E-state index in [1.165, 1.54) is 4.79 Å². The number of carbonyl (C=O) groups excluding carboxylic acids is 1. The van der Waals surface area contributed by atoms with Crippen LogP contribution in [0.25, 0.3) is 10.8 Å². The molecule has 1 aromatic heterocycles. The normalized spacial score (nSPS) is 10.4. The van der Waals surface area contributed by atoms with Crippen LogP contribution in [0.3, 0.4) is 0 Å². The molecule has 0 aliphatic carbocycles. The smallest absolute Gasteiger partial charge is 0.267 e. The largest absolute Gasteiger partial charge is 0.271 e. The van der Waals surface area contributed by atoms with Crippen molar-refractivity contribution in [2.75, 3.05) is 5.43 Å². The minimum atomic E-state index is -0.171. The third-order valence-electron chi connectivity index (χ3n) is 2.75. The maximum Gasteiger partial charge on any atom is 0.271 e. The van der Waals surface area contributed by atoms with Gasteiger partial charge in [-0.05, 0) is 22.9 Å². The van der Waals surface area contributed by atoms with Gasteiger partial charge in [-0.25, -0.2) is 5.43 Å². The Bertz CT molecular complexity index is 684. The number of fused-ring (bicyclic) bond motifs is 1. The fourth-order valence-corrected chi connectivity index (χ4v) is 1.92. The van der Waals surface area contributed by atoms with E-state index >= 15 is 0 Å². The molecule has 0 saturated carbocycles. The van der Waals surface area contributed by atoms with Crippen molar-refractivity contribution in [2.45, 2.75) is 0 Å². The molecular weight excluding hydrogens is 226 g/mol. The molecule has 1 heterocycles. The average molecular weight is 237 g/mol. The number of aromatic nitrogens is 2. The van der Waals surface area contributed by atoms with E-state index < -0.39 is 0 Å². The summed E-state index contributed by atoms with van der Waals surface area (Å²) >= 11 is 0. The molecule has 3 aromatic rings. The summed E-state index contributed by atoms with van der Waals surface area (Å²) in [7, 11) is 0. The van der Waals surface area contributed by atoms with Crippen LogP contribution in [0.5, 0.6) is 0 Å². The molecule has 1 amide bonds. The van der Waals surface area contributed by atoms with Crippen molar-refractivity contribution in [3.63, 3.8) is 0 Å². The molecular formula is C14H11N3O. The highest BCUT2D eigenvalue weighted by molar-refractivity contribution is 6.10. The van der Waals surface area contributed by atoms with Gasteiger partial charge >= 0.3 is 0 Å². The molecule has 4 nitrogen and oxygen atoms in total. The molecule has 0 aliphatic rings. The molecule has 0 aliphatic heterocycles. The fraction of sp³-hybridized carbons (Fsp3) is 0. The molecule has 88 valence electrons. The number of carbonyl (C=O) groups is 1. The number of hydrogen-bond donors (Lipinski definition) is 1. The van der Waals surface area contributed by atoms with E-state index in [1.54, 1.807) is 24.5 Å². The van der Waals surface area contributed by atoms with E-state index in [-0.39, 0.29) is 5.91 Å². The monoisotopic (exact) mass is 237 g/mol. The van der Waals surface area contributed by atoms with Gasteiger partial charge in [0.25, 0.3) is 5.91 Å². The summed E-state index contributed by atoms with van der Waals surface area (Å²) in [5, 5.41) is 5.93. The van der Waals surface area contributed by atoms with Crippen molar-refractivity contribution in [1.29, 1.82) is 0 Å². The number of nitrogens with zero attached hydrogens (tertiary/aromatic N) is 2. The lowest BCUT2D eigenvalue weighted by molar-refractivity contribution is 0.101. The quantitative estimate of drug-likeness (QED) is 0.744. The minimum Gasteiger partial charge on any atom is -0.267 e. The summed E-state index contributed by atoms with van der Waals surface area (Å²) in [5.74, 6) is -0.171. The number of amides is 1. The first-order valence-corrected chi connectivity index (χ1v) is 5.63. The number of hydrogen-bond acceptors (Lipinski definition) is 2. The fourth-order valence-electron chi connectivity index (χ4n) is 1.92. The van der Waals surface area contributed by atoms with E-state index in [9.17, 15) is 4.79 Å². The van der Waals surface area contributed by atoms with Crippen molar-refractivity contribution in [2.24, 2.45) is 0 Å². The molecule has 3 rings (SSSR count). The number of nitrogens with one attached hydrogen (secondary N) is 1. The van der Waals surface area contributed by atoms with Crippen LogP contribution >= 0.6 is 0 Å². The van der Waals surface area contributed by atoms with Crippen LogP contribution in [-0.4, -0.2) is 15.8 Å². The maximum atomic E-state index is 12.2. The van der Waals surface area contributed by atoms with Gasteiger partial charge in [-0.15, -0.1) is 0 Å². The second kappa shape index (κ2) is 4.33. The van der Waals surface area contributed by atoms with Gasteiger partial charge in [0, 0.05) is 11.8 Å². The Hall–Kier alpha value is -2.62. The highest BCUT2D eigenvalue weighted by Gasteiger charge is 2.09. The van der Waals surface area contributed by atoms with Gasteiger partial charge in [-0.1, -0.05) is 36.4 Å². The Morgan fingerprint density at radius 3 is 2.72 bits per heavy atom. The topological polar surface area (TPSA) is 46.9 Å². The Morgan fingerprint density at radius 2 is 1.89 bits per heavy atom. The van der Waals surface area contributed by atoms with Crippen molar-refractivity contribution in [3.8, 4) is 0 Å². The Balaban J connectivity index is 2.01. The van der Waals surface area contributed by atoms with Gasteiger partial charge in [-0.3, -0.25) is 4.79 Å². The summed E-state index contributed by atoms with van der Waals surface area (Å²) in [6.07, 6.45) is 3.30. The highest BCUT2D eigenvalue weighted by atomic mass is 16.2. The highest BCUT2D eigenvalue weighted by Crippen LogP contribution is 2.18. The summed E-state index contributed by atoms with van der Waals surface area (Å²) < 4.78 is 0. The van der Waals surface area contributed by atoms with E-state index in [4.69, 9.17) is 0 Å². The first-order valence-electron chi connectivity index (χ1n) is 5.63. The van der Waals surface area contributed by atoms with Gasteiger partial charge in [0.1, 0.15) is 0 Å². The standard InChI is InChI=1S/C14H11N3O/c18-14(16-17-10-4-9-15-17)13-8-3-6-11-5-1-2-7-12(11)13/h1-10H,(H,16,18). The lowest BCUT2D eigenvalue weighted by Gasteiger charge is -2.07. The zero-order chi connectivity index (χ0) is 12.4. The van der Waals surface area contributed by atoms with E-state index in [0.717, 1.165) is 10.8 Å². The predicted octanol–water partition coefficient (Wildman–Crippen LogP) is 2.42. The molecule has 0 radical (unpaired) electrons. The first kappa shape index (κ1) is 10.5. The Kier molecular flexibility index (Phi) is 2.53. The molecule has 4 heteroatoms. The predicted molar refractivity (Wildman–Crippen MR) is 69.9 cm³/mol. The molecule has 0 unspecified atom stereocenters. The van der Waals surface area contributed by atoms with Crippen LogP contribution in [0.4, 0.5) is 0 Å². The van der Waals surface area contributed by atoms with E-state index in [2.05, 4.69) is 10.5 Å². The van der Waals surface area contributed by atoms with Gasteiger partial charge in [0.2, 0.25) is 0 Å². The SMILES string of the molecule is O=C(Nn1cccn1)c1cccc2ccccc12. The summed E-state index contributed by atoms with van der Waals surface area (Å²) in [4.78, 5) is 13.5. The van der Waals surface area contributed by atoms with Crippen molar-refractivity contribution in [3.05, 3.63) is 66.5 Å². The lowest BCUT2D eigenvalue weighted by Crippen LogP contribution is -2.23. The molecule has 0 fully saturated rings. The van der Waals surface area contributed by atoms with Crippen LogP contribution in [0.15, 0.2) is 60.9 Å². The van der Waals surface area contributed by atoms with Crippen molar-refractivity contribution >= 4 is 16.7 Å². The molecule has 2 aromatic carbocycles. The minimum absolute atomic E-state index is 0.171. The molecule has 0 saturated heterocycles. The van der Waals surface area contributed by atoms with Gasteiger partial charge in [0.05, 0.1) is 6.20 Å². The van der Waals surface area contributed by atoms with Gasteiger partial charge in [-0.2, -0.15) is 9.89 Å². The van der Waals surface area contributed by atoms with Crippen molar-refractivity contribution < 1.29 is 4.79 Å². The Labute approximate surface area is 104 Å². The first-order chi connectivity index (χ1) is 8.84. The summed E-state index contributed by atoms with van der Waals surface area (Å²) in [5.41, 5.74) is 3.34. The van der Waals surface area contributed by atoms with Crippen LogP contribution in [0, 0.1) is 0 Å². The Morgan fingerprint density at radius 1 is 1.06 bits per heavy atom. The molecule has 0 spiro atoms. The second-order valence-electron chi connectivity index (χ2n) is 3.92. The van der Waals surface area contributed by atoms with Crippen LogP contribution in [0.2, 0.25) is 0 Å². The maximum absolute atomic E-state index is 12.2. The third-order valence-corrected chi connectivity index (χ3v) is 2.75. The van der Waals surface area contributed by atoms with Crippen LogP contribution in [0.1, 0.15) is 10.4 Å². The van der Waals surface area contributed by atoms with Crippen molar-refractivity contribution in [1.82, 2.24) is 9.89 Å². The lowest BCUT2D eigenvalue weighted by atomic mass is 10.0. The number of benzene rings is 2. The third kappa shape index (κ3) is 1.84. The van der Waals surface area contributed by atoms with Gasteiger partial charge in [0.15, 0.2) is 0 Å². The van der Waals surface area contributed by atoms with Crippen LogP contribution in [-0.2, 0) is 0 Å². The van der Waals surface area contributed by atoms with Crippen LogP contribution < -0.4 is 5.43 Å². The zero-order valence-electron chi connectivity index (χ0n) is 9.58. The molecule has 1 N–H and O–H groups in total. The second-order valence-corrected chi connectivity index (χ2v) is 3.92. The summed E-state index contributed by atoms with van der Waals surface area (Å²) in [6, 6.07) is 15.2.